The zero-order valence-corrected chi connectivity index (χ0v) is 9.90. The maximum absolute atomic E-state index is 12.7. The standard InChI is InChI=1S/C11H12ClF2N3/c12-10-16-8-3-1-2-7(8)9(17-10)15-6-4-11(13,14)5-6/h6H,1-5H2,(H,15,16,17). The molecule has 0 aliphatic heterocycles. The fraction of sp³-hybridized carbons (Fsp3) is 0.636. The molecule has 0 spiro atoms. The summed E-state index contributed by atoms with van der Waals surface area (Å²) in [5.74, 6) is -1.87. The first-order valence-corrected chi connectivity index (χ1v) is 6.11. The second-order valence-corrected chi connectivity index (χ2v) is 5.06. The van der Waals surface area contributed by atoms with E-state index in [1.807, 2.05) is 0 Å². The maximum atomic E-state index is 12.7. The average Bonchev–Trinajstić information content (AvgIpc) is 2.62. The monoisotopic (exact) mass is 259 g/mol. The number of rotatable bonds is 2. The highest BCUT2D eigenvalue weighted by atomic mass is 35.5. The van der Waals surface area contributed by atoms with E-state index in [1.54, 1.807) is 0 Å². The van der Waals surface area contributed by atoms with Crippen LogP contribution in [0.5, 0.6) is 0 Å². The van der Waals surface area contributed by atoms with Crippen molar-refractivity contribution in [3.05, 3.63) is 16.5 Å². The van der Waals surface area contributed by atoms with Crippen molar-refractivity contribution in [2.45, 2.75) is 44.1 Å². The second-order valence-electron chi connectivity index (χ2n) is 4.73. The molecule has 6 heteroatoms. The SMILES string of the molecule is FC1(F)CC(Nc2nc(Cl)nc3c2CCC3)C1. The molecule has 92 valence electrons. The van der Waals surface area contributed by atoms with Crippen LogP contribution in [0.3, 0.4) is 0 Å². The van der Waals surface area contributed by atoms with Crippen LogP contribution in [0.2, 0.25) is 5.28 Å². The van der Waals surface area contributed by atoms with Crippen LogP contribution >= 0.6 is 11.6 Å². The van der Waals surface area contributed by atoms with Crippen molar-refractivity contribution in [2.24, 2.45) is 0 Å². The van der Waals surface area contributed by atoms with Crippen LogP contribution in [0.1, 0.15) is 30.5 Å². The zero-order chi connectivity index (χ0) is 12.0. The Morgan fingerprint density at radius 3 is 2.71 bits per heavy atom. The summed E-state index contributed by atoms with van der Waals surface area (Å²) in [7, 11) is 0. The molecule has 2 aliphatic carbocycles. The summed E-state index contributed by atoms with van der Waals surface area (Å²) in [5, 5.41) is 3.25. The molecule has 0 aromatic carbocycles. The van der Waals surface area contributed by atoms with Gasteiger partial charge in [0.15, 0.2) is 0 Å². The molecule has 0 radical (unpaired) electrons. The van der Waals surface area contributed by atoms with E-state index in [0.717, 1.165) is 30.5 Å². The van der Waals surface area contributed by atoms with Crippen LogP contribution in [0.15, 0.2) is 0 Å². The number of hydrogen-bond acceptors (Lipinski definition) is 3. The summed E-state index contributed by atoms with van der Waals surface area (Å²) in [6.07, 6.45) is 2.58. The normalized spacial score (nSPS) is 22.1. The predicted octanol–water partition coefficient (Wildman–Crippen LogP) is 2.83. The minimum atomic E-state index is -2.52. The summed E-state index contributed by atoms with van der Waals surface area (Å²) in [5.41, 5.74) is 2.00. The molecule has 17 heavy (non-hydrogen) atoms. The van der Waals surface area contributed by atoms with E-state index in [1.165, 1.54) is 0 Å². The lowest BCUT2D eigenvalue weighted by molar-refractivity contribution is -0.0794. The molecule has 0 atom stereocenters. The third-order valence-electron chi connectivity index (χ3n) is 3.34. The Labute approximate surface area is 103 Å². The van der Waals surface area contributed by atoms with Gasteiger partial charge in [-0.05, 0) is 30.9 Å². The van der Waals surface area contributed by atoms with E-state index in [2.05, 4.69) is 15.3 Å². The van der Waals surface area contributed by atoms with E-state index in [-0.39, 0.29) is 24.2 Å². The lowest BCUT2D eigenvalue weighted by atomic mass is 9.88. The summed E-state index contributed by atoms with van der Waals surface area (Å²) in [6, 6.07) is -0.194. The number of hydrogen-bond donors (Lipinski definition) is 1. The van der Waals surface area contributed by atoms with E-state index >= 15 is 0 Å². The van der Waals surface area contributed by atoms with E-state index < -0.39 is 5.92 Å². The maximum Gasteiger partial charge on any atom is 0.252 e. The van der Waals surface area contributed by atoms with Gasteiger partial charge in [0.25, 0.3) is 5.92 Å². The lowest BCUT2D eigenvalue weighted by Gasteiger charge is -2.36. The average molecular weight is 260 g/mol. The van der Waals surface area contributed by atoms with Crippen LogP contribution in [-0.4, -0.2) is 21.9 Å². The quantitative estimate of drug-likeness (QED) is 0.830. The Morgan fingerprint density at radius 2 is 2.00 bits per heavy atom. The Balaban J connectivity index is 1.79. The summed E-state index contributed by atoms with van der Waals surface area (Å²) in [6.45, 7) is 0. The van der Waals surface area contributed by atoms with Crippen molar-refractivity contribution in [2.75, 3.05) is 5.32 Å². The molecule has 1 aromatic heterocycles. The first-order valence-electron chi connectivity index (χ1n) is 5.73. The third-order valence-corrected chi connectivity index (χ3v) is 3.51. The van der Waals surface area contributed by atoms with Crippen LogP contribution in [0.25, 0.3) is 0 Å². The molecular weight excluding hydrogens is 248 g/mol. The van der Waals surface area contributed by atoms with Gasteiger partial charge in [-0.2, -0.15) is 0 Å². The highest BCUT2D eigenvalue weighted by molar-refractivity contribution is 6.28. The van der Waals surface area contributed by atoms with Crippen LogP contribution < -0.4 is 5.32 Å². The molecular formula is C11H12ClF2N3. The molecule has 0 bridgehead atoms. The van der Waals surface area contributed by atoms with Gasteiger partial charge < -0.3 is 5.32 Å². The van der Waals surface area contributed by atoms with Crippen molar-refractivity contribution >= 4 is 17.4 Å². The molecule has 0 saturated heterocycles. The minimum absolute atomic E-state index is 0.122. The first kappa shape index (κ1) is 11.1. The van der Waals surface area contributed by atoms with Gasteiger partial charge in [-0.15, -0.1) is 0 Å². The van der Waals surface area contributed by atoms with E-state index in [0.29, 0.717) is 5.82 Å². The van der Waals surface area contributed by atoms with Crippen molar-refractivity contribution in [3.8, 4) is 0 Å². The molecule has 1 heterocycles. The van der Waals surface area contributed by atoms with Gasteiger partial charge in [0, 0.05) is 24.4 Å². The van der Waals surface area contributed by atoms with Gasteiger partial charge in [-0.25, -0.2) is 18.7 Å². The summed E-state index contributed by atoms with van der Waals surface area (Å²) >= 11 is 5.82. The smallest absolute Gasteiger partial charge is 0.252 e. The van der Waals surface area contributed by atoms with Gasteiger partial charge in [0.2, 0.25) is 5.28 Å². The predicted molar refractivity (Wildman–Crippen MR) is 60.7 cm³/mol. The molecule has 1 aromatic rings. The number of aryl methyl sites for hydroxylation is 1. The van der Waals surface area contributed by atoms with Gasteiger partial charge >= 0.3 is 0 Å². The van der Waals surface area contributed by atoms with Gasteiger partial charge in [0.1, 0.15) is 5.82 Å². The number of aromatic nitrogens is 2. The van der Waals surface area contributed by atoms with E-state index in [9.17, 15) is 8.78 Å². The second kappa shape index (κ2) is 3.77. The van der Waals surface area contributed by atoms with Crippen LogP contribution in [0, 0.1) is 0 Å². The molecule has 0 unspecified atom stereocenters. The molecule has 3 rings (SSSR count). The third kappa shape index (κ3) is 2.08. The van der Waals surface area contributed by atoms with Crippen molar-refractivity contribution < 1.29 is 8.78 Å². The van der Waals surface area contributed by atoms with Gasteiger partial charge in [-0.3, -0.25) is 0 Å². The van der Waals surface area contributed by atoms with Crippen LogP contribution in [0.4, 0.5) is 14.6 Å². The molecule has 1 N–H and O–H groups in total. The fourth-order valence-corrected chi connectivity index (χ4v) is 2.66. The van der Waals surface area contributed by atoms with E-state index in [4.69, 9.17) is 11.6 Å². The molecule has 2 aliphatic rings. The number of anilines is 1. The highest BCUT2D eigenvalue weighted by Gasteiger charge is 2.45. The van der Waals surface area contributed by atoms with Crippen molar-refractivity contribution in [1.29, 1.82) is 0 Å². The Kier molecular flexibility index (Phi) is 2.47. The zero-order valence-electron chi connectivity index (χ0n) is 9.14. The van der Waals surface area contributed by atoms with Crippen molar-refractivity contribution in [3.63, 3.8) is 0 Å². The van der Waals surface area contributed by atoms with Crippen LogP contribution in [-0.2, 0) is 12.8 Å². The number of nitrogens with zero attached hydrogens (tertiary/aromatic N) is 2. The Bertz CT molecular complexity index is 456. The topological polar surface area (TPSA) is 37.8 Å². The number of nitrogens with one attached hydrogen (secondary N) is 1. The highest BCUT2D eigenvalue weighted by Crippen LogP contribution is 2.40. The largest absolute Gasteiger partial charge is 0.367 e. The minimum Gasteiger partial charge on any atom is -0.367 e. The first-order chi connectivity index (χ1) is 8.03. The molecule has 1 fully saturated rings. The molecule has 0 amide bonds. The molecule has 1 saturated carbocycles. The van der Waals surface area contributed by atoms with Crippen molar-refractivity contribution in [1.82, 2.24) is 9.97 Å². The Morgan fingerprint density at radius 1 is 1.24 bits per heavy atom. The molecule has 3 nitrogen and oxygen atoms in total. The summed E-state index contributed by atoms with van der Waals surface area (Å²) < 4.78 is 25.5. The number of halogens is 3. The Hall–Kier alpha value is -0.970. The number of alkyl halides is 2. The van der Waals surface area contributed by atoms with Gasteiger partial charge in [-0.1, -0.05) is 0 Å². The summed E-state index contributed by atoms with van der Waals surface area (Å²) in [4.78, 5) is 8.27. The van der Waals surface area contributed by atoms with Gasteiger partial charge in [0.05, 0.1) is 5.69 Å². The lowest BCUT2D eigenvalue weighted by Crippen LogP contribution is -2.44. The number of fused-ring (bicyclic) bond motifs is 1. The fourth-order valence-electron chi connectivity index (χ4n) is 2.48.